The molecule has 0 radical (unpaired) electrons. The average Bonchev–Trinajstić information content (AvgIpc) is 2.72. The molecule has 0 fully saturated rings. The van der Waals surface area contributed by atoms with Crippen molar-refractivity contribution in [1.82, 2.24) is 9.88 Å². The van der Waals surface area contributed by atoms with Crippen LogP contribution in [-0.2, 0) is 7.05 Å². The Morgan fingerprint density at radius 2 is 1.86 bits per heavy atom. The molecule has 2 amide bonds. The Hall–Kier alpha value is -3.28. The number of carbonyl (C=O) groups excluding carboxylic acids is 1. The maximum Gasteiger partial charge on any atom is 0.319 e. The number of fused-ring (bicyclic) bond motifs is 1. The lowest BCUT2D eigenvalue weighted by Gasteiger charge is -2.23. The van der Waals surface area contributed by atoms with E-state index < -0.39 is 0 Å². The Kier molecular flexibility index (Phi) is 6.54. The van der Waals surface area contributed by atoms with Gasteiger partial charge in [0.1, 0.15) is 0 Å². The maximum absolute atomic E-state index is 12.4. The van der Waals surface area contributed by atoms with Crippen LogP contribution in [-0.4, -0.2) is 30.2 Å². The van der Waals surface area contributed by atoms with Crippen LogP contribution in [0.1, 0.15) is 18.9 Å². The first-order chi connectivity index (χ1) is 14.0. The third-order valence-electron chi connectivity index (χ3n) is 4.98. The largest absolute Gasteiger partial charge is 0.372 e. The molecule has 2 aromatic carbocycles. The molecule has 29 heavy (non-hydrogen) atoms. The molecule has 6 heteroatoms. The van der Waals surface area contributed by atoms with Gasteiger partial charge in [-0.05, 0) is 44.0 Å². The van der Waals surface area contributed by atoms with Crippen LogP contribution in [0.3, 0.4) is 0 Å². The SMILES string of the molecule is CCN(CCCNC(=O)Nc1cn(C)c(=O)c2ccccc12)c1cccc(C)c1. The smallest absolute Gasteiger partial charge is 0.319 e. The highest BCUT2D eigenvalue weighted by molar-refractivity contribution is 6.00. The van der Waals surface area contributed by atoms with Crippen LogP contribution in [0.15, 0.2) is 59.5 Å². The van der Waals surface area contributed by atoms with E-state index in [2.05, 4.69) is 53.6 Å². The first-order valence-electron chi connectivity index (χ1n) is 9.94. The van der Waals surface area contributed by atoms with Crippen LogP contribution in [0, 0.1) is 6.92 Å². The normalized spacial score (nSPS) is 10.7. The summed E-state index contributed by atoms with van der Waals surface area (Å²) < 4.78 is 1.49. The molecule has 152 valence electrons. The molecule has 1 heterocycles. The minimum atomic E-state index is -0.271. The minimum Gasteiger partial charge on any atom is -0.372 e. The molecule has 1 aromatic heterocycles. The van der Waals surface area contributed by atoms with Gasteiger partial charge in [0.05, 0.1) is 5.69 Å². The zero-order valence-electron chi connectivity index (χ0n) is 17.2. The average molecular weight is 393 g/mol. The summed E-state index contributed by atoms with van der Waals surface area (Å²) >= 11 is 0. The molecule has 0 unspecified atom stereocenters. The number of aromatic nitrogens is 1. The molecule has 6 nitrogen and oxygen atoms in total. The summed E-state index contributed by atoms with van der Waals surface area (Å²) in [7, 11) is 1.68. The fourth-order valence-electron chi connectivity index (χ4n) is 3.45. The summed E-state index contributed by atoms with van der Waals surface area (Å²) in [6.45, 7) is 6.57. The van der Waals surface area contributed by atoms with Crippen molar-refractivity contribution in [2.24, 2.45) is 7.05 Å². The molecule has 3 rings (SSSR count). The number of aryl methyl sites for hydroxylation is 2. The van der Waals surface area contributed by atoms with E-state index in [-0.39, 0.29) is 11.6 Å². The Morgan fingerprint density at radius 1 is 1.10 bits per heavy atom. The van der Waals surface area contributed by atoms with Crippen molar-refractivity contribution < 1.29 is 4.79 Å². The predicted molar refractivity (Wildman–Crippen MR) is 120 cm³/mol. The zero-order valence-corrected chi connectivity index (χ0v) is 17.2. The Morgan fingerprint density at radius 3 is 2.59 bits per heavy atom. The third kappa shape index (κ3) is 4.96. The van der Waals surface area contributed by atoms with Gasteiger partial charge >= 0.3 is 6.03 Å². The molecule has 2 N–H and O–H groups in total. The van der Waals surface area contributed by atoms with Crippen LogP contribution >= 0.6 is 0 Å². The van der Waals surface area contributed by atoms with Crippen LogP contribution in [0.2, 0.25) is 0 Å². The van der Waals surface area contributed by atoms with Gasteiger partial charge in [-0.1, -0.05) is 30.3 Å². The second-order valence-electron chi connectivity index (χ2n) is 7.16. The van der Waals surface area contributed by atoms with Gasteiger partial charge in [-0.15, -0.1) is 0 Å². The molecule has 0 spiro atoms. The highest BCUT2D eigenvalue weighted by Crippen LogP contribution is 2.20. The van der Waals surface area contributed by atoms with Crippen molar-refractivity contribution in [3.05, 3.63) is 70.6 Å². The van der Waals surface area contributed by atoms with Crippen molar-refractivity contribution in [2.75, 3.05) is 29.9 Å². The third-order valence-corrected chi connectivity index (χ3v) is 4.98. The number of hydrogen-bond donors (Lipinski definition) is 2. The molecule has 0 aliphatic heterocycles. The lowest BCUT2D eigenvalue weighted by Crippen LogP contribution is -2.33. The summed E-state index contributed by atoms with van der Waals surface area (Å²) in [5.41, 5.74) is 2.98. The monoisotopic (exact) mass is 392 g/mol. The van der Waals surface area contributed by atoms with E-state index in [0.29, 0.717) is 17.6 Å². The van der Waals surface area contributed by atoms with E-state index in [9.17, 15) is 9.59 Å². The summed E-state index contributed by atoms with van der Waals surface area (Å²) in [4.78, 5) is 26.9. The number of benzene rings is 2. The fourth-order valence-corrected chi connectivity index (χ4v) is 3.45. The van der Waals surface area contributed by atoms with Crippen molar-refractivity contribution in [1.29, 1.82) is 0 Å². The Balaban J connectivity index is 1.56. The molecular weight excluding hydrogens is 364 g/mol. The van der Waals surface area contributed by atoms with Gasteiger partial charge in [-0.3, -0.25) is 4.79 Å². The fraction of sp³-hybridized carbons (Fsp3) is 0.304. The molecule has 0 saturated carbocycles. The van der Waals surface area contributed by atoms with E-state index in [1.54, 1.807) is 19.3 Å². The van der Waals surface area contributed by atoms with E-state index >= 15 is 0 Å². The number of hydrogen-bond acceptors (Lipinski definition) is 3. The second-order valence-corrected chi connectivity index (χ2v) is 7.16. The number of carbonyl (C=O) groups is 1. The predicted octanol–water partition coefficient (Wildman–Crippen LogP) is 3.89. The van der Waals surface area contributed by atoms with Gasteiger partial charge in [0.15, 0.2) is 0 Å². The number of amides is 2. The number of nitrogens with zero attached hydrogens (tertiary/aromatic N) is 2. The first-order valence-corrected chi connectivity index (χ1v) is 9.94. The van der Waals surface area contributed by atoms with Crippen molar-refractivity contribution in [3.63, 3.8) is 0 Å². The van der Waals surface area contributed by atoms with Gasteiger partial charge < -0.3 is 20.1 Å². The molecule has 3 aromatic rings. The van der Waals surface area contributed by atoms with Crippen LogP contribution < -0.4 is 21.1 Å². The molecule has 0 saturated heterocycles. The molecular formula is C23H28N4O2. The maximum atomic E-state index is 12.4. The summed E-state index contributed by atoms with van der Waals surface area (Å²) in [6, 6.07) is 15.5. The highest BCUT2D eigenvalue weighted by atomic mass is 16.2. The van der Waals surface area contributed by atoms with Crippen molar-refractivity contribution >= 4 is 28.2 Å². The van der Waals surface area contributed by atoms with E-state index in [0.717, 1.165) is 24.9 Å². The Labute approximate surface area is 171 Å². The van der Waals surface area contributed by atoms with Gasteiger partial charge in [-0.25, -0.2) is 4.79 Å². The molecule has 0 aliphatic carbocycles. The quantitative estimate of drug-likeness (QED) is 0.600. The molecule has 0 atom stereocenters. The summed E-state index contributed by atoms with van der Waals surface area (Å²) in [5, 5.41) is 7.10. The van der Waals surface area contributed by atoms with Crippen LogP contribution in [0.25, 0.3) is 10.8 Å². The van der Waals surface area contributed by atoms with Gasteiger partial charge in [0, 0.05) is 49.3 Å². The molecule has 0 bridgehead atoms. The number of rotatable bonds is 7. The van der Waals surface area contributed by atoms with Gasteiger partial charge in [0.2, 0.25) is 0 Å². The van der Waals surface area contributed by atoms with Crippen molar-refractivity contribution in [2.45, 2.75) is 20.3 Å². The number of pyridine rings is 1. The number of anilines is 2. The van der Waals surface area contributed by atoms with E-state index in [1.165, 1.54) is 15.8 Å². The van der Waals surface area contributed by atoms with Gasteiger partial charge in [-0.2, -0.15) is 0 Å². The topological polar surface area (TPSA) is 66.4 Å². The highest BCUT2D eigenvalue weighted by Gasteiger charge is 2.10. The number of urea groups is 1. The minimum absolute atomic E-state index is 0.0811. The summed E-state index contributed by atoms with van der Waals surface area (Å²) in [6.07, 6.45) is 2.49. The molecule has 0 aliphatic rings. The van der Waals surface area contributed by atoms with E-state index in [4.69, 9.17) is 0 Å². The van der Waals surface area contributed by atoms with Gasteiger partial charge in [0.25, 0.3) is 5.56 Å². The first kappa shape index (κ1) is 20.5. The van der Waals surface area contributed by atoms with Crippen LogP contribution in [0.5, 0.6) is 0 Å². The zero-order chi connectivity index (χ0) is 20.8. The standard InChI is InChI=1S/C23H28N4O2/c1-4-27(18-10-7-9-17(2)15-18)14-8-13-24-23(29)25-21-16-26(3)22(28)20-12-6-5-11-19(20)21/h5-7,9-12,15-16H,4,8,13-14H2,1-3H3,(H2,24,25,29). The lowest BCUT2D eigenvalue weighted by atomic mass is 10.1. The lowest BCUT2D eigenvalue weighted by molar-refractivity contribution is 0.252. The second kappa shape index (κ2) is 9.28. The summed E-state index contributed by atoms with van der Waals surface area (Å²) in [5.74, 6) is 0. The number of nitrogens with one attached hydrogen (secondary N) is 2. The van der Waals surface area contributed by atoms with Crippen LogP contribution in [0.4, 0.5) is 16.2 Å². The Bertz CT molecular complexity index is 1060. The van der Waals surface area contributed by atoms with Crippen molar-refractivity contribution in [3.8, 4) is 0 Å². The van der Waals surface area contributed by atoms with E-state index in [1.807, 2.05) is 18.2 Å².